The Morgan fingerprint density at radius 3 is 3.17 bits per heavy atom. The molecule has 1 aliphatic rings. The van der Waals surface area contributed by atoms with Gasteiger partial charge in [0.15, 0.2) is 5.65 Å². The first-order valence-corrected chi connectivity index (χ1v) is 8.69. The Morgan fingerprint density at radius 2 is 2.29 bits per heavy atom. The smallest absolute Gasteiger partial charge is 0.407 e. The number of amides is 1. The first-order valence-electron chi connectivity index (χ1n) is 8.69. The minimum atomic E-state index is -0.319. The number of fused-ring (bicyclic) bond motifs is 1. The van der Waals surface area contributed by atoms with Gasteiger partial charge in [-0.25, -0.2) is 9.78 Å². The summed E-state index contributed by atoms with van der Waals surface area (Å²) in [6, 6.07) is 0.257. The van der Waals surface area contributed by atoms with Gasteiger partial charge >= 0.3 is 6.09 Å². The van der Waals surface area contributed by atoms with Crippen LogP contribution in [0.5, 0.6) is 0 Å². The minimum Gasteiger partial charge on any atom is -0.448 e. The Morgan fingerprint density at radius 1 is 1.42 bits per heavy atom. The molecular formula is C17H25N5O2. The number of ether oxygens (including phenoxy) is 1. The zero-order valence-electron chi connectivity index (χ0n) is 14.1. The number of hydrogen-bond acceptors (Lipinski definition) is 5. The number of hydrogen-bond donors (Lipinski definition) is 2. The maximum absolute atomic E-state index is 11.7. The first kappa shape index (κ1) is 16.7. The molecule has 7 nitrogen and oxygen atoms in total. The molecule has 0 spiro atoms. The second kappa shape index (κ2) is 8.10. The third-order valence-electron chi connectivity index (χ3n) is 4.43. The summed E-state index contributed by atoms with van der Waals surface area (Å²) >= 11 is 0. The van der Waals surface area contributed by atoms with E-state index in [1.807, 2.05) is 13.1 Å². The molecule has 1 fully saturated rings. The maximum atomic E-state index is 11.7. The topological polar surface area (TPSA) is 83.1 Å². The van der Waals surface area contributed by atoms with Crippen molar-refractivity contribution >= 4 is 17.3 Å². The van der Waals surface area contributed by atoms with E-state index in [-0.39, 0.29) is 12.1 Å². The lowest BCUT2D eigenvalue weighted by atomic mass is 10.0. The summed E-state index contributed by atoms with van der Waals surface area (Å²) in [5.41, 5.74) is 2.88. The average Bonchev–Trinajstić information content (AvgIpc) is 3.02. The molecule has 0 saturated carbocycles. The van der Waals surface area contributed by atoms with Crippen molar-refractivity contribution in [2.45, 2.75) is 45.2 Å². The molecule has 7 heteroatoms. The quantitative estimate of drug-likeness (QED) is 0.849. The summed E-state index contributed by atoms with van der Waals surface area (Å²) in [6.45, 7) is 4.92. The average molecular weight is 331 g/mol. The van der Waals surface area contributed by atoms with Crippen LogP contribution in [0.3, 0.4) is 0 Å². The lowest BCUT2D eigenvalue weighted by Gasteiger charge is -2.35. The zero-order chi connectivity index (χ0) is 16.8. The number of alkyl carbamates (subject to hydrolysis) is 1. The standard InChI is InChI=1S/C17H25N5O2/c1-2-6-20-17(23)24-12-14-5-3-4-9-22(14)11-13-10-21-16-15(13)18-7-8-19-16/h7-8,10,14H,2-6,9,11-12H2,1H3,(H,19,21)(H,20,23). The number of H-pyrrole nitrogens is 1. The molecule has 1 saturated heterocycles. The van der Waals surface area contributed by atoms with Gasteiger partial charge in [-0.2, -0.15) is 0 Å². The highest BCUT2D eigenvalue weighted by atomic mass is 16.5. The van der Waals surface area contributed by atoms with Crippen LogP contribution in [0.15, 0.2) is 18.6 Å². The molecule has 1 atom stereocenters. The van der Waals surface area contributed by atoms with Crippen molar-refractivity contribution in [3.05, 3.63) is 24.2 Å². The van der Waals surface area contributed by atoms with Crippen LogP contribution in [0.1, 0.15) is 38.2 Å². The van der Waals surface area contributed by atoms with Crippen LogP contribution in [-0.2, 0) is 11.3 Å². The van der Waals surface area contributed by atoms with E-state index >= 15 is 0 Å². The molecule has 1 amide bonds. The molecule has 0 radical (unpaired) electrons. The van der Waals surface area contributed by atoms with Crippen LogP contribution >= 0.6 is 0 Å². The molecule has 3 rings (SSSR count). The molecule has 2 aromatic rings. The van der Waals surface area contributed by atoms with E-state index < -0.39 is 0 Å². The van der Waals surface area contributed by atoms with E-state index in [4.69, 9.17) is 4.74 Å². The zero-order valence-corrected chi connectivity index (χ0v) is 14.1. The molecular weight excluding hydrogens is 306 g/mol. The van der Waals surface area contributed by atoms with Crippen molar-refractivity contribution in [3.8, 4) is 0 Å². The molecule has 0 aliphatic carbocycles. The number of aromatic nitrogens is 3. The summed E-state index contributed by atoms with van der Waals surface area (Å²) in [4.78, 5) is 25.9. The van der Waals surface area contributed by atoms with Crippen molar-refractivity contribution in [2.75, 3.05) is 19.7 Å². The number of piperidine rings is 1. The highest BCUT2D eigenvalue weighted by Gasteiger charge is 2.24. The largest absolute Gasteiger partial charge is 0.448 e. The second-order valence-corrected chi connectivity index (χ2v) is 6.21. The highest BCUT2D eigenvalue weighted by molar-refractivity contribution is 5.74. The van der Waals surface area contributed by atoms with Crippen LogP contribution in [-0.4, -0.2) is 51.7 Å². The number of nitrogens with one attached hydrogen (secondary N) is 2. The first-order chi connectivity index (χ1) is 11.8. The Kier molecular flexibility index (Phi) is 5.63. The second-order valence-electron chi connectivity index (χ2n) is 6.21. The van der Waals surface area contributed by atoms with Crippen molar-refractivity contribution in [1.29, 1.82) is 0 Å². The van der Waals surface area contributed by atoms with Gasteiger partial charge in [-0.1, -0.05) is 13.3 Å². The Hall–Kier alpha value is -2.15. The van der Waals surface area contributed by atoms with Gasteiger partial charge in [0.25, 0.3) is 0 Å². The summed E-state index contributed by atoms with van der Waals surface area (Å²) in [6.07, 6.45) is 9.37. The molecule has 24 heavy (non-hydrogen) atoms. The molecule has 0 bridgehead atoms. The molecule has 3 heterocycles. The molecule has 2 aromatic heterocycles. The van der Waals surface area contributed by atoms with Crippen LogP contribution in [0, 0.1) is 0 Å². The third-order valence-corrected chi connectivity index (χ3v) is 4.43. The van der Waals surface area contributed by atoms with Gasteiger partial charge in [0.05, 0.1) is 0 Å². The van der Waals surface area contributed by atoms with E-state index in [9.17, 15) is 4.79 Å². The van der Waals surface area contributed by atoms with Gasteiger partial charge < -0.3 is 15.0 Å². The van der Waals surface area contributed by atoms with Crippen LogP contribution in [0.4, 0.5) is 4.79 Å². The fourth-order valence-corrected chi connectivity index (χ4v) is 3.15. The molecule has 130 valence electrons. The van der Waals surface area contributed by atoms with Gasteiger partial charge in [0.1, 0.15) is 12.1 Å². The lowest BCUT2D eigenvalue weighted by Crippen LogP contribution is -2.43. The van der Waals surface area contributed by atoms with Crippen LogP contribution in [0.25, 0.3) is 11.2 Å². The number of likely N-dealkylation sites (tertiary alicyclic amines) is 1. The van der Waals surface area contributed by atoms with Crippen molar-refractivity contribution in [1.82, 2.24) is 25.2 Å². The molecule has 0 aromatic carbocycles. The Labute approximate surface area is 141 Å². The fourth-order valence-electron chi connectivity index (χ4n) is 3.15. The predicted octanol–water partition coefficient (Wildman–Crippen LogP) is 2.45. The fraction of sp³-hybridized carbons (Fsp3) is 0.588. The summed E-state index contributed by atoms with van der Waals surface area (Å²) in [7, 11) is 0. The molecule has 2 N–H and O–H groups in total. The SMILES string of the molecule is CCCNC(=O)OCC1CCCCN1Cc1c[nH]c2nccnc12. The lowest BCUT2D eigenvalue weighted by molar-refractivity contribution is 0.0642. The van der Waals surface area contributed by atoms with Gasteiger partial charge in [0, 0.05) is 43.3 Å². The monoisotopic (exact) mass is 331 g/mol. The number of carbonyl (C=O) groups excluding carboxylic acids is 1. The van der Waals surface area contributed by atoms with Gasteiger partial charge in [-0.05, 0) is 25.8 Å². The van der Waals surface area contributed by atoms with E-state index in [1.165, 1.54) is 12.8 Å². The van der Waals surface area contributed by atoms with Crippen molar-refractivity contribution < 1.29 is 9.53 Å². The van der Waals surface area contributed by atoms with Crippen molar-refractivity contribution in [2.24, 2.45) is 0 Å². The van der Waals surface area contributed by atoms with E-state index in [2.05, 4.69) is 25.2 Å². The predicted molar refractivity (Wildman–Crippen MR) is 91.6 cm³/mol. The normalized spacial score (nSPS) is 18.6. The number of carbonyl (C=O) groups is 1. The summed E-state index contributed by atoms with van der Waals surface area (Å²) in [5.74, 6) is 0. The number of aromatic amines is 1. The number of nitrogens with zero attached hydrogens (tertiary/aromatic N) is 3. The Bertz CT molecular complexity index is 672. The Balaban J connectivity index is 1.61. The number of rotatable bonds is 6. The van der Waals surface area contributed by atoms with Gasteiger partial charge in [0.2, 0.25) is 0 Å². The maximum Gasteiger partial charge on any atom is 0.407 e. The summed E-state index contributed by atoms with van der Waals surface area (Å²) in [5, 5.41) is 2.75. The van der Waals surface area contributed by atoms with E-state index in [0.29, 0.717) is 13.2 Å². The summed E-state index contributed by atoms with van der Waals surface area (Å²) < 4.78 is 5.39. The van der Waals surface area contributed by atoms with Crippen LogP contribution in [0.2, 0.25) is 0 Å². The van der Waals surface area contributed by atoms with Crippen LogP contribution < -0.4 is 5.32 Å². The van der Waals surface area contributed by atoms with Crippen molar-refractivity contribution in [3.63, 3.8) is 0 Å². The third kappa shape index (κ3) is 4.03. The van der Waals surface area contributed by atoms with Gasteiger partial charge in [-0.3, -0.25) is 9.88 Å². The molecule has 1 aliphatic heterocycles. The van der Waals surface area contributed by atoms with E-state index in [1.54, 1.807) is 12.4 Å². The minimum absolute atomic E-state index is 0.257. The molecule has 1 unspecified atom stereocenters. The highest BCUT2D eigenvalue weighted by Crippen LogP contribution is 2.22. The van der Waals surface area contributed by atoms with Gasteiger partial charge in [-0.15, -0.1) is 0 Å². The van der Waals surface area contributed by atoms with E-state index in [0.717, 1.165) is 42.7 Å².